The predicted molar refractivity (Wildman–Crippen MR) is 86.9 cm³/mol. The third-order valence-corrected chi connectivity index (χ3v) is 3.91. The summed E-state index contributed by atoms with van der Waals surface area (Å²) in [5.74, 6) is 0.660. The van der Waals surface area contributed by atoms with Crippen molar-refractivity contribution in [1.82, 2.24) is 0 Å². The van der Waals surface area contributed by atoms with E-state index in [1.54, 1.807) is 0 Å². The Morgan fingerprint density at radius 3 is 2.00 bits per heavy atom. The fraction of sp³-hybridized carbons (Fsp3) is 0.222. The Bertz CT molecular complexity index is 571. The minimum absolute atomic E-state index is 0.660. The summed E-state index contributed by atoms with van der Waals surface area (Å²) in [4.78, 5) is 2.30. The van der Waals surface area contributed by atoms with Crippen LogP contribution in [0, 0.1) is 0 Å². The molecule has 2 heteroatoms. The van der Waals surface area contributed by atoms with Gasteiger partial charge in [-0.3, -0.25) is 0 Å². The van der Waals surface area contributed by atoms with Crippen LogP contribution in [0.4, 0.5) is 11.4 Å². The van der Waals surface area contributed by atoms with Crippen LogP contribution >= 0.6 is 11.6 Å². The van der Waals surface area contributed by atoms with Crippen LogP contribution in [0.5, 0.6) is 0 Å². The van der Waals surface area contributed by atoms with Crippen LogP contribution in [0.2, 0.25) is 0 Å². The first-order valence-electron chi connectivity index (χ1n) is 7.08. The molecule has 3 rings (SSSR count). The molecule has 0 amide bonds. The Morgan fingerprint density at radius 1 is 0.900 bits per heavy atom. The molecule has 2 aromatic rings. The fourth-order valence-corrected chi connectivity index (χ4v) is 2.84. The first kappa shape index (κ1) is 13.3. The van der Waals surface area contributed by atoms with E-state index in [4.69, 9.17) is 11.6 Å². The molecule has 0 N–H and O–H groups in total. The van der Waals surface area contributed by atoms with Gasteiger partial charge in [-0.25, -0.2) is 0 Å². The number of hydrogen-bond acceptors (Lipinski definition) is 1. The van der Waals surface area contributed by atoms with Gasteiger partial charge in [0.15, 0.2) is 0 Å². The van der Waals surface area contributed by atoms with Crippen LogP contribution in [0.15, 0.2) is 60.8 Å². The van der Waals surface area contributed by atoms with Gasteiger partial charge in [-0.2, -0.15) is 0 Å². The summed E-state index contributed by atoms with van der Waals surface area (Å²) in [6, 6.07) is 17.3. The lowest BCUT2D eigenvalue weighted by atomic mass is 10.0. The van der Waals surface area contributed by atoms with Crippen molar-refractivity contribution in [3.8, 4) is 0 Å². The number of rotatable bonds is 3. The molecular weight excluding hydrogens is 266 g/mol. The standard InChI is InChI=1S/C18H18ClN/c19-13-5-6-14-20-17-9-3-1-7-15(17)11-12-16-8-2-4-10-18(16)20/h1-4,6-10,14H,5,11-13H2/b14-6-. The van der Waals surface area contributed by atoms with Gasteiger partial charge in [-0.1, -0.05) is 42.5 Å². The summed E-state index contributed by atoms with van der Waals surface area (Å²) >= 11 is 5.78. The Hall–Kier alpha value is -1.73. The van der Waals surface area contributed by atoms with Gasteiger partial charge in [0.05, 0.1) is 0 Å². The number of halogens is 1. The van der Waals surface area contributed by atoms with Gasteiger partial charge in [0.25, 0.3) is 0 Å². The highest BCUT2D eigenvalue weighted by Crippen LogP contribution is 2.36. The van der Waals surface area contributed by atoms with Crippen LogP contribution in [-0.4, -0.2) is 5.88 Å². The smallest absolute Gasteiger partial charge is 0.0487 e. The summed E-state index contributed by atoms with van der Waals surface area (Å²) < 4.78 is 0. The van der Waals surface area contributed by atoms with Crippen molar-refractivity contribution < 1.29 is 0 Å². The molecule has 102 valence electrons. The van der Waals surface area contributed by atoms with Crippen molar-refractivity contribution in [2.75, 3.05) is 10.8 Å². The van der Waals surface area contributed by atoms with Crippen molar-refractivity contribution in [2.45, 2.75) is 19.3 Å². The normalized spacial score (nSPS) is 13.9. The highest BCUT2D eigenvalue weighted by Gasteiger charge is 2.17. The van der Waals surface area contributed by atoms with E-state index in [-0.39, 0.29) is 0 Å². The van der Waals surface area contributed by atoms with Gasteiger partial charge in [0.1, 0.15) is 0 Å². The molecule has 0 fully saturated rings. The molecule has 1 aliphatic rings. The van der Waals surface area contributed by atoms with Gasteiger partial charge >= 0.3 is 0 Å². The fourth-order valence-electron chi connectivity index (χ4n) is 2.72. The van der Waals surface area contributed by atoms with Crippen molar-refractivity contribution in [3.63, 3.8) is 0 Å². The number of fused-ring (bicyclic) bond motifs is 2. The molecule has 1 nitrogen and oxygen atoms in total. The van der Waals surface area contributed by atoms with Crippen molar-refractivity contribution in [3.05, 3.63) is 71.9 Å². The zero-order valence-corrected chi connectivity index (χ0v) is 12.2. The topological polar surface area (TPSA) is 3.24 Å². The lowest BCUT2D eigenvalue weighted by molar-refractivity contribution is 0.977. The number of alkyl halides is 1. The molecule has 1 aliphatic heterocycles. The van der Waals surface area contributed by atoms with Gasteiger partial charge in [-0.05, 0) is 42.5 Å². The molecule has 0 saturated carbocycles. The summed E-state index contributed by atoms with van der Waals surface area (Å²) in [5, 5.41) is 0. The van der Waals surface area contributed by atoms with Crippen molar-refractivity contribution >= 4 is 23.0 Å². The molecule has 0 unspecified atom stereocenters. The van der Waals surface area contributed by atoms with Crippen LogP contribution in [0.25, 0.3) is 0 Å². The molecule has 1 heterocycles. The van der Waals surface area contributed by atoms with E-state index >= 15 is 0 Å². The molecule has 0 atom stereocenters. The zero-order valence-electron chi connectivity index (χ0n) is 11.4. The number of allylic oxidation sites excluding steroid dienone is 1. The molecule has 2 aromatic carbocycles. The molecule has 0 radical (unpaired) electrons. The predicted octanol–water partition coefficient (Wildman–Crippen LogP) is 5.07. The lowest BCUT2D eigenvalue weighted by Gasteiger charge is -2.23. The second-order valence-electron chi connectivity index (χ2n) is 4.99. The maximum Gasteiger partial charge on any atom is 0.0487 e. The van der Waals surface area contributed by atoms with Crippen molar-refractivity contribution in [2.24, 2.45) is 0 Å². The Balaban J connectivity index is 2.09. The highest BCUT2D eigenvalue weighted by molar-refractivity contribution is 6.17. The summed E-state index contributed by atoms with van der Waals surface area (Å²) in [5.41, 5.74) is 5.37. The van der Waals surface area contributed by atoms with Crippen LogP contribution in [-0.2, 0) is 12.8 Å². The Labute approximate surface area is 125 Å². The summed E-state index contributed by atoms with van der Waals surface area (Å²) in [6.07, 6.45) is 7.37. The van der Waals surface area contributed by atoms with E-state index in [1.165, 1.54) is 22.5 Å². The molecule has 20 heavy (non-hydrogen) atoms. The largest absolute Gasteiger partial charge is 0.317 e. The maximum absolute atomic E-state index is 5.78. The number of para-hydroxylation sites is 2. The minimum atomic E-state index is 0.660. The minimum Gasteiger partial charge on any atom is -0.317 e. The van der Waals surface area contributed by atoms with E-state index in [2.05, 4.69) is 65.7 Å². The molecule has 0 aliphatic carbocycles. The summed E-state index contributed by atoms with van der Waals surface area (Å²) in [6.45, 7) is 0. The number of aryl methyl sites for hydroxylation is 2. The third-order valence-electron chi connectivity index (χ3n) is 3.70. The quantitative estimate of drug-likeness (QED) is 0.711. The monoisotopic (exact) mass is 283 g/mol. The number of anilines is 2. The van der Waals surface area contributed by atoms with Gasteiger partial charge in [0.2, 0.25) is 0 Å². The van der Waals surface area contributed by atoms with Crippen LogP contribution < -0.4 is 4.90 Å². The van der Waals surface area contributed by atoms with E-state index < -0.39 is 0 Å². The molecular formula is C18H18ClN. The van der Waals surface area contributed by atoms with Gasteiger partial charge in [0, 0.05) is 23.5 Å². The first-order valence-corrected chi connectivity index (χ1v) is 7.61. The zero-order chi connectivity index (χ0) is 13.8. The maximum atomic E-state index is 5.78. The lowest BCUT2D eigenvalue weighted by Crippen LogP contribution is -2.10. The second kappa shape index (κ2) is 6.15. The second-order valence-corrected chi connectivity index (χ2v) is 5.37. The first-order chi connectivity index (χ1) is 9.90. The van der Waals surface area contributed by atoms with Crippen LogP contribution in [0.1, 0.15) is 17.5 Å². The molecule has 0 spiro atoms. The summed E-state index contributed by atoms with van der Waals surface area (Å²) in [7, 11) is 0. The van der Waals surface area contributed by atoms with E-state index in [1.807, 2.05) is 0 Å². The van der Waals surface area contributed by atoms with E-state index in [0.29, 0.717) is 5.88 Å². The van der Waals surface area contributed by atoms with Gasteiger partial charge in [-0.15, -0.1) is 11.6 Å². The molecule has 0 aromatic heterocycles. The number of nitrogens with zero attached hydrogens (tertiary/aromatic N) is 1. The SMILES string of the molecule is ClCC/C=C\N1c2ccccc2CCc2ccccc21. The van der Waals surface area contributed by atoms with Crippen LogP contribution in [0.3, 0.4) is 0 Å². The van der Waals surface area contributed by atoms with Crippen molar-refractivity contribution in [1.29, 1.82) is 0 Å². The average molecular weight is 284 g/mol. The Morgan fingerprint density at radius 2 is 1.45 bits per heavy atom. The molecule has 0 bridgehead atoms. The van der Waals surface area contributed by atoms with E-state index in [0.717, 1.165) is 19.3 Å². The molecule has 0 saturated heterocycles. The highest BCUT2D eigenvalue weighted by atomic mass is 35.5. The van der Waals surface area contributed by atoms with Gasteiger partial charge < -0.3 is 4.90 Å². The number of benzene rings is 2. The third kappa shape index (κ3) is 2.59. The average Bonchev–Trinajstić information content (AvgIpc) is 2.66. The Kier molecular flexibility index (Phi) is 4.08. The number of hydrogen-bond donors (Lipinski definition) is 0. The van der Waals surface area contributed by atoms with E-state index in [9.17, 15) is 0 Å².